The van der Waals surface area contributed by atoms with Crippen molar-refractivity contribution in [1.82, 2.24) is 15.1 Å². The van der Waals surface area contributed by atoms with Gasteiger partial charge in [0.05, 0.1) is 12.2 Å². The molecule has 0 aliphatic carbocycles. The van der Waals surface area contributed by atoms with Crippen LogP contribution in [-0.4, -0.2) is 15.7 Å². The topological polar surface area (TPSA) is 72.9 Å². The summed E-state index contributed by atoms with van der Waals surface area (Å²) in [7, 11) is 1.80. The molecular formula is C16H22N4O. The minimum atomic E-state index is -0.693. The largest absolute Gasteiger partial charge is 0.348 e. The summed E-state index contributed by atoms with van der Waals surface area (Å²) in [5, 5.41) is 7.09. The first-order chi connectivity index (χ1) is 10.1. The minimum absolute atomic E-state index is 0.00794. The van der Waals surface area contributed by atoms with Crippen LogP contribution >= 0.6 is 0 Å². The van der Waals surface area contributed by atoms with Gasteiger partial charge in [0.2, 0.25) is 5.91 Å². The Bertz CT molecular complexity index is 579. The van der Waals surface area contributed by atoms with Crippen molar-refractivity contribution >= 4 is 5.91 Å². The molecule has 2 atom stereocenters. The van der Waals surface area contributed by atoms with Crippen LogP contribution in [0.25, 0.3) is 0 Å². The van der Waals surface area contributed by atoms with Crippen LogP contribution in [0.2, 0.25) is 0 Å². The predicted octanol–water partition coefficient (Wildman–Crippen LogP) is 2.08. The Morgan fingerprint density at radius 3 is 2.62 bits per heavy atom. The molecule has 1 amide bonds. The lowest BCUT2D eigenvalue weighted by Gasteiger charge is -2.20. The van der Waals surface area contributed by atoms with Crippen LogP contribution in [0.1, 0.15) is 43.0 Å². The second-order valence-electron chi connectivity index (χ2n) is 5.19. The quantitative estimate of drug-likeness (QED) is 0.854. The van der Waals surface area contributed by atoms with E-state index in [0.29, 0.717) is 0 Å². The Labute approximate surface area is 125 Å². The number of nitrogens with one attached hydrogen (secondary N) is 1. The third-order valence-corrected chi connectivity index (χ3v) is 3.46. The van der Waals surface area contributed by atoms with E-state index >= 15 is 0 Å². The molecule has 5 heteroatoms. The number of rotatable bonds is 6. The fourth-order valence-electron chi connectivity index (χ4n) is 2.31. The van der Waals surface area contributed by atoms with Crippen LogP contribution in [-0.2, 0) is 11.8 Å². The molecule has 112 valence electrons. The summed E-state index contributed by atoms with van der Waals surface area (Å²) in [5.41, 5.74) is 7.83. The van der Waals surface area contributed by atoms with E-state index in [0.717, 1.165) is 24.0 Å². The second-order valence-corrected chi connectivity index (χ2v) is 5.19. The molecule has 21 heavy (non-hydrogen) atoms. The first-order valence-electron chi connectivity index (χ1n) is 7.21. The minimum Gasteiger partial charge on any atom is -0.348 e. The number of aryl methyl sites for hydroxylation is 1. The molecule has 1 aromatic carbocycles. The van der Waals surface area contributed by atoms with Crippen molar-refractivity contribution < 1.29 is 4.79 Å². The summed E-state index contributed by atoms with van der Waals surface area (Å²) in [6, 6.07) is 9.27. The summed E-state index contributed by atoms with van der Waals surface area (Å²) >= 11 is 0. The maximum absolute atomic E-state index is 12.3. The van der Waals surface area contributed by atoms with Crippen LogP contribution in [0.5, 0.6) is 0 Å². The lowest BCUT2D eigenvalue weighted by molar-refractivity contribution is -0.123. The fraction of sp³-hybridized carbons (Fsp3) is 0.375. The Hall–Kier alpha value is -2.14. The van der Waals surface area contributed by atoms with Gasteiger partial charge in [-0.25, -0.2) is 0 Å². The van der Waals surface area contributed by atoms with Crippen molar-refractivity contribution in [3.8, 4) is 0 Å². The van der Waals surface area contributed by atoms with E-state index in [1.807, 2.05) is 30.3 Å². The Morgan fingerprint density at radius 1 is 1.33 bits per heavy atom. The van der Waals surface area contributed by atoms with Crippen molar-refractivity contribution in [2.75, 3.05) is 0 Å². The third-order valence-electron chi connectivity index (χ3n) is 3.46. The van der Waals surface area contributed by atoms with Crippen LogP contribution in [0.3, 0.4) is 0 Å². The van der Waals surface area contributed by atoms with Crippen molar-refractivity contribution in [3.05, 3.63) is 53.9 Å². The van der Waals surface area contributed by atoms with Crippen molar-refractivity contribution in [2.45, 2.75) is 31.8 Å². The zero-order chi connectivity index (χ0) is 15.2. The van der Waals surface area contributed by atoms with Gasteiger partial charge in [-0.15, -0.1) is 0 Å². The average Bonchev–Trinajstić information content (AvgIpc) is 2.93. The fourth-order valence-corrected chi connectivity index (χ4v) is 2.31. The Morgan fingerprint density at radius 2 is 2.05 bits per heavy atom. The number of carbonyl (C=O) groups excluding carboxylic acids is 1. The SMILES string of the molecule is CCCC(NC(=O)C(N)c1cnn(C)c1)c1ccccc1. The van der Waals surface area contributed by atoms with Crippen molar-refractivity contribution in [3.63, 3.8) is 0 Å². The lowest BCUT2D eigenvalue weighted by Crippen LogP contribution is -2.36. The van der Waals surface area contributed by atoms with Gasteiger partial charge >= 0.3 is 0 Å². The van der Waals surface area contributed by atoms with Gasteiger partial charge in [-0.3, -0.25) is 9.48 Å². The van der Waals surface area contributed by atoms with Gasteiger partial charge in [-0.05, 0) is 12.0 Å². The highest BCUT2D eigenvalue weighted by Gasteiger charge is 2.21. The van der Waals surface area contributed by atoms with E-state index < -0.39 is 6.04 Å². The number of nitrogens with two attached hydrogens (primary N) is 1. The number of benzene rings is 1. The second kappa shape index (κ2) is 7.04. The molecule has 2 unspecified atom stereocenters. The van der Waals surface area contributed by atoms with Gasteiger partial charge in [0.15, 0.2) is 0 Å². The third kappa shape index (κ3) is 3.92. The highest BCUT2D eigenvalue weighted by atomic mass is 16.2. The number of amides is 1. The van der Waals surface area contributed by atoms with Crippen LogP contribution in [0.15, 0.2) is 42.7 Å². The molecule has 2 aromatic rings. The van der Waals surface area contributed by atoms with E-state index in [9.17, 15) is 4.79 Å². The molecule has 1 aromatic heterocycles. The summed E-state index contributed by atoms with van der Waals surface area (Å²) in [4.78, 5) is 12.3. The molecule has 5 nitrogen and oxygen atoms in total. The molecule has 0 saturated heterocycles. The summed E-state index contributed by atoms with van der Waals surface area (Å²) in [6.07, 6.45) is 5.26. The van der Waals surface area contributed by atoms with Gasteiger partial charge in [-0.1, -0.05) is 43.7 Å². The highest BCUT2D eigenvalue weighted by molar-refractivity contribution is 5.83. The maximum Gasteiger partial charge on any atom is 0.242 e. The number of hydrogen-bond acceptors (Lipinski definition) is 3. The van der Waals surface area contributed by atoms with Gasteiger partial charge in [0.25, 0.3) is 0 Å². The summed E-state index contributed by atoms with van der Waals surface area (Å²) in [5.74, 6) is -0.176. The number of carbonyl (C=O) groups is 1. The number of aromatic nitrogens is 2. The monoisotopic (exact) mass is 286 g/mol. The zero-order valence-corrected chi connectivity index (χ0v) is 12.5. The van der Waals surface area contributed by atoms with E-state index in [1.165, 1.54) is 0 Å². The van der Waals surface area contributed by atoms with Gasteiger partial charge in [0, 0.05) is 18.8 Å². The first-order valence-corrected chi connectivity index (χ1v) is 7.21. The summed E-state index contributed by atoms with van der Waals surface area (Å²) in [6.45, 7) is 2.10. The van der Waals surface area contributed by atoms with Gasteiger partial charge in [-0.2, -0.15) is 5.10 Å². The number of nitrogens with zero attached hydrogens (tertiary/aromatic N) is 2. The Balaban J connectivity index is 2.08. The molecule has 0 fully saturated rings. The molecule has 0 radical (unpaired) electrons. The van der Waals surface area contributed by atoms with Gasteiger partial charge < -0.3 is 11.1 Å². The molecule has 3 N–H and O–H groups in total. The average molecular weight is 286 g/mol. The smallest absolute Gasteiger partial charge is 0.242 e. The highest BCUT2D eigenvalue weighted by Crippen LogP contribution is 2.19. The maximum atomic E-state index is 12.3. The van der Waals surface area contributed by atoms with Gasteiger partial charge in [0.1, 0.15) is 6.04 Å². The zero-order valence-electron chi connectivity index (χ0n) is 12.5. The molecule has 1 heterocycles. The molecule has 0 saturated carbocycles. The molecule has 0 aliphatic rings. The lowest BCUT2D eigenvalue weighted by atomic mass is 10.0. The molecular weight excluding hydrogens is 264 g/mol. The first kappa shape index (κ1) is 15.3. The van der Waals surface area contributed by atoms with E-state index in [2.05, 4.69) is 17.3 Å². The van der Waals surface area contributed by atoms with E-state index in [-0.39, 0.29) is 11.9 Å². The molecule has 0 bridgehead atoms. The van der Waals surface area contributed by atoms with Crippen LogP contribution in [0, 0.1) is 0 Å². The van der Waals surface area contributed by atoms with Crippen molar-refractivity contribution in [2.24, 2.45) is 12.8 Å². The normalized spacial score (nSPS) is 13.7. The molecule has 0 aliphatic heterocycles. The Kier molecular flexibility index (Phi) is 5.11. The van der Waals surface area contributed by atoms with E-state index in [4.69, 9.17) is 5.73 Å². The van der Waals surface area contributed by atoms with E-state index in [1.54, 1.807) is 24.1 Å². The van der Waals surface area contributed by atoms with Crippen LogP contribution < -0.4 is 11.1 Å². The summed E-state index contributed by atoms with van der Waals surface area (Å²) < 4.78 is 1.64. The predicted molar refractivity (Wildman–Crippen MR) is 82.4 cm³/mol. The standard InChI is InChI=1S/C16H22N4O/c1-3-7-14(12-8-5-4-6-9-12)19-16(21)15(17)13-10-18-20(2)11-13/h4-6,8-11,14-15H,3,7,17H2,1-2H3,(H,19,21). The molecule has 2 rings (SSSR count). The van der Waals surface area contributed by atoms with Crippen LogP contribution in [0.4, 0.5) is 0 Å². The number of hydrogen-bond donors (Lipinski definition) is 2. The molecule has 0 spiro atoms. The van der Waals surface area contributed by atoms with Crippen molar-refractivity contribution in [1.29, 1.82) is 0 Å².